The first-order chi connectivity index (χ1) is 9.97. The molecule has 1 heterocycles. The number of hydrogen-bond acceptors (Lipinski definition) is 3. The van der Waals surface area contributed by atoms with Crippen molar-refractivity contribution in [3.63, 3.8) is 0 Å². The number of anilines is 1. The molecule has 1 aromatic heterocycles. The van der Waals surface area contributed by atoms with E-state index in [2.05, 4.69) is 5.32 Å². The highest BCUT2D eigenvalue weighted by Gasteiger charge is 2.12. The van der Waals surface area contributed by atoms with Gasteiger partial charge in [0.05, 0.1) is 5.69 Å². The van der Waals surface area contributed by atoms with E-state index in [0.29, 0.717) is 5.69 Å². The average molecular weight is 285 g/mol. The molecule has 0 fully saturated rings. The van der Waals surface area contributed by atoms with Gasteiger partial charge in [0.15, 0.2) is 0 Å². The lowest BCUT2D eigenvalue weighted by Gasteiger charge is -2.13. The standard InChI is InChI=1S/C16H19N3O2/c1-11-8-16(21)19(2)10-14(11)18-15(20)9-13(17)12-6-4-3-5-7-12/h3-8,10,13H,9,17H2,1-2H3,(H,18,20). The Kier molecular flexibility index (Phi) is 4.55. The molecule has 3 N–H and O–H groups in total. The lowest BCUT2D eigenvalue weighted by molar-refractivity contribution is -0.116. The smallest absolute Gasteiger partial charge is 0.250 e. The number of carbonyl (C=O) groups excluding carboxylic acids is 1. The molecule has 21 heavy (non-hydrogen) atoms. The third kappa shape index (κ3) is 3.79. The average Bonchev–Trinajstić information content (AvgIpc) is 2.45. The van der Waals surface area contributed by atoms with Crippen molar-refractivity contribution in [1.29, 1.82) is 0 Å². The van der Waals surface area contributed by atoms with Crippen molar-refractivity contribution in [3.8, 4) is 0 Å². The van der Waals surface area contributed by atoms with Gasteiger partial charge in [-0.3, -0.25) is 9.59 Å². The molecular formula is C16H19N3O2. The van der Waals surface area contributed by atoms with Gasteiger partial charge in [-0.2, -0.15) is 0 Å². The van der Waals surface area contributed by atoms with Gasteiger partial charge in [0.25, 0.3) is 5.56 Å². The number of carbonyl (C=O) groups is 1. The van der Waals surface area contributed by atoms with Crippen LogP contribution in [0.5, 0.6) is 0 Å². The van der Waals surface area contributed by atoms with Crippen LogP contribution in [0.15, 0.2) is 47.4 Å². The van der Waals surface area contributed by atoms with Crippen LogP contribution < -0.4 is 16.6 Å². The molecule has 0 bridgehead atoms. The number of benzene rings is 1. The van der Waals surface area contributed by atoms with Crippen molar-refractivity contribution >= 4 is 11.6 Å². The van der Waals surface area contributed by atoms with E-state index in [0.717, 1.165) is 11.1 Å². The topological polar surface area (TPSA) is 77.1 Å². The second-order valence-electron chi connectivity index (χ2n) is 5.09. The predicted octanol–water partition coefficient (Wildman–Crippen LogP) is 1.72. The van der Waals surface area contributed by atoms with Gasteiger partial charge in [-0.15, -0.1) is 0 Å². The molecule has 1 unspecified atom stereocenters. The first-order valence-corrected chi connectivity index (χ1v) is 6.75. The number of aromatic nitrogens is 1. The highest BCUT2D eigenvalue weighted by molar-refractivity contribution is 5.91. The van der Waals surface area contributed by atoms with Crippen molar-refractivity contribution in [2.45, 2.75) is 19.4 Å². The number of nitrogens with zero attached hydrogens (tertiary/aromatic N) is 1. The summed E-state index contributed by atoms with van der Waals surface area (Å²) in [7, 11) is 1.65. The molecule has 0 saturated heterocycles. The van der Waals surface area contributed by atoms with Crippen LogP contribution in [0.25, 0.3) is 0 Å². The number of aryl methyl sites for hydroxylation is 2. The maximum atomic E-state index is 12.1. The SMILES string of the molecule is Cc1cc(=O)n(C)cc1NC(=O)CC(N)c1ccccc1. The summed E-state index contributed by atoms with van der Waals surface area (Å²) < 4.78 is 1.43. The summed E-state index contributed by atoms with van der Waals surface area (Å²) in [4.78, 5) is 23.5. The zero-order valence-electron chi connectivity index (χ0n) is 12.2. The Hall–Kier alpha value is -2.40. The summed E-state index contributed by atoms with van der Waals surface area (Å²) in [6.45, 7) is 1.79. The van der Waals surface area contributed by atoms with E-state index in [4.69, 9.17) is 5.73 Å². The molecule has 0 aliphatic rings. The summed E-state index contributed by atoms with van der Waals surface area (Å²) in [5.74, 6) is -0.173. The minimum absolute atomic E-state index is 0.105. The molecule has 1 aromatic carbocycles. The lowest BCUT2D eigenvalue weighted by atomic mass is 10.0. The van der Waals surface area contributed by atoms with Gasteiger partial charge in [-0.05, 0) is 18.1 Å². The highest BCUT2D eigenvalue weighted by atomic mass is 16.1. The van der Waals surface area contributed by atoms with Crippen LogP contribution in [0.4, 0.5) is 5.69 Å². The second-order valence-corrected chi connectivity index (χ2v) is 5.09. The molecule has 0 saturated carbocycles. The lowest BCUT2D eigenvalue weighted by Crippen LogP contribution is -2.23. The van der Waals surface area contributed by atoms with Crippen molar-refractivity contribution in [2.75, 3.05) is 5.32 Å². The van der Waals surface area contributed by atoms with E-state index in [9.17, 15) is 9.59 Å². The van der Waals surface area contributed by atoms with E-state index >= 15 is 0 Å². The summed E-state index contributed by atoms with van der Waals surface area (Å²) in [6.07, 6.45) is 1.80. The fraction of sp³-hybridized carbons (Fsp3) is 0.250. The zero-order valence-corrected chi connectivity index (χ0v) is 12.2. The molecule has 0 aliphatic carbocycles. The number of pyridine rings is 1. The van der Waals surface area contributed by atoms with Crippen LogP contribution in [0, 0.1) is 6.92 Å². The number of nitrogens with one attached hydrogen (secondary N) is 1. The van der Waals surface area contributed by atoms with Crippen LogP contribution in [0.1, 0.15) is 23.6 Å². The third-order valence-electron chi connectivity index (χ3n) is 3.34. The van der Waals surface area contributed by atoms with E-state index in [1.54, 1.807) is 20.2 Å². The monoisotopic (exact) mass is 285 g/mol. The quantitative estimate of drug-likeness (QED) is 0.898. The van der Waals surface area contributed by atoms with Crippen LogP contribution in [-0.4, -0.2) is 10.5 Å². The Morgan fingerprint density at radius 1 is 1.33 bits per heavy atom. The Morgan fingerprint density at radius 2 is 2.00 bits per heavy atom. The minimum atomic E-state index is -0.348. The minimum Gasteiger partial charge on any atom is -0.325 e. The van der Waals surface area contributed by atoms with E-state index in [1.165, 1.54) is 10.6 Å². The molecular weight excluding hydrogens is 266 g/mol. The predicted molar refractivity (Wildman–Crippen MR) is 83.0 cm³/mol. The summed E-state index contributed by atoms with van der Waals surface area (Å²) in [5.41, 5.74) is 8.20. The largest absolute Gasteiger partial charge is 0.325 e. The Balaban J connectivity index is 2.05. The molecule has 1 amide bonds. The van der Waals surface area contributed by atoms with E-state index in [-0.39, 0.29) is 23.9 Å². The van der Waals surface area contributed by atoms with Gasteiger partial charge in [0.2, 0.25) is 5.91 Å². The third-order valence-corrected chi connectivity index (χ3v) is 3.34. The van der Waals surface area contributed by atoms with Crippen molar-refractivity contribution < 1.29 is 4.79 Å². The van der Waals surface area contributed by atoms with Crippen molar-refractivity contribution in [2.24, 2.45) is 12.8 Å². The second kappa shape index (κ2) is 6.37. The number of amides is 1. The fourth-order valence-corrected chi connectivity index (χ4v) is 2.07. The van der Waals surface area contributed by atoms with Gasteiger partial charge in [0, 0.05) is 31.8 Å². The summed E-state index contributed by atoms with van der Waals surface area (Å²) in [6, 6.07) is 10.6. The van der Waals surface area contributed by atoms with Gasteiger partial charge in [-0.25, -0.2) is 0 Å². The molecule has 110 valence electrons. The van der Waals surface area contributed by atoms with Gasteiger partial charge in [0.1, 0.15) is 0 Å². The zero-order chi connectivity index (χ0) is 15.4. The Labute approximate surface area is 123 Å². The molecule has 0 spiro atoms. The fourth-order valence-electron chi connectivity index (χ4n) is 2.07. The van der Waals surface area contributed by atoms with Crippen molar-refractivity contribution in [1.82, 2.24) is 4.57 Å². The molecule has 2 aromatic rings. The van der Waals surface area contributed by atoms with E-state index in [1.807, 2.05) is 30.3 Å². The molecule has 5 nitrogen and oxygen atoms in total. The number of rotatable bonds is 4. The van der Waals surface area contributed by atoms with Crippen LogP contribution >= 0.6 is 0 Å². The molecule has 2 rings (SSSR count). The molecule has 5 heteroatoms. The molecule has 0 radical (unpaired) electrons. The first kappa shape index (κ1) is 15.0. The Morgan fingerprint density at radius 3 is 2.67 bits per heavy atom. The maximum absolute atomic E-state index is 12.1. The highest BCUT2D eigenvalue weighted by Crippen LogP contribution is 2.16. The summed E-state index contributed by atoms with van der Waals surface area (Å²) in [5, 5.41) is 2.80. The summed E-state index contributed by atoms with van der Waals surface area (Å²) >= 11 is 0. The van der Waals surface area contributed by atoms with Crippen molar-refractivity contribution in [3.05, 3.63) is 64.1 Å². The van der Waals surface area contributed by atoms with Crippen LogP contribution in [0.3, 0.4) is 0 Å². The normalized spacial score (nSPS) is 12.0. The van der Waals surface area contributed by atoms with Gasteiger partial charge >= 0.3 is 0 Å². The van der Waals surface area contributed by atoms with Gasteiger partial charge < -0.3 is 15.6 Å². The first-order valence-electron chi connectivity index (χ1n) is 6.75. The maximum Gasteiger partial charge on any atom is 0.250 e. The Bertz CT molecular complexity index is 692. The van der Waals surface area contributed by atoms with E-state index < -0.39 is 0 Å². The molecule has 0 aliphatic heterocycles. The van der Waals surface area contributed by atoms with Crippen LogP contribution in [-0.2, 0) is 11.8 Å². The van der Waals surface area contributed by atoms with Crippen LogP contribution in [0.2, 0.25) is 0 Å². The number of hydrogen-bond donors (Lipinski definition) is 2. The van der Waals surface area contributed by atoms with Gasteiger partial charge in [-0.1, -0.05) is 30.3 Å². The molecule has 1 atom stereocenters. The number of nitrogens with two attached hydrogens (primary N) is 1.